The third kappa shape index (κ3) is 3.17. The summed E-state index contributed by atoms with van der Waals surface area (Å²) in [5.41, 5.74) is 1.24. The highest BCUT2D eigenvalue weighted by Crippen LogP contribution is 2.31. The number of carboxylic acids is 1. The Morgan fingerprint density at radius 3 is 2.73 bits per heavy atom. The van der Waals surface area contributed by atoms with E-state index in [9.17, 15) is 14.7 Å². The first kappa shape index (κ1) is 15.5. The minimum atomic E-state index is -0.880. The standard InChI is InChI=1S/C16H21NO4S/c18-14(19)9-16(5-7-21-8-6-16)17-15(20)12-10-22-13-4-2-1-3-11(12)13/h10H,1-9H2,(H,17,20)(H,18,19). The first-order valence-electron chi connectivity index (χ1n) is 7.81. The van der Waals surface area contributed by atoms with Gasteiger partial charge in [0, 0.05) is 23.5 Å². The second-order valence-electron chi connectivity index (χ2n) is 6.18. The Balaban J connectivity index is 1.79. The fourth-order valence-corrected chi connectivity index (χ4v) is 4.52. The Hall–Kier alpha value is -1.40. The van der Waals surface area contributed by atoms with Crippen LogP contribution in [0.5, 0.6) is 0 Å². The molecule has 1 aliphatic carbocycles. The third-order valence-corrected chi connectivity index (χ3v) is 5.71. The van der Waals surface area contributed by atoms with Crippen molar-refractivity contribution in [3.8, 4) is 0 Å². The minimum Gasteiger partial charge on any atom is -0.481 e. The van der Waals surface area contributed by atoms with Crippen LogP contribution in [0.2, 0.25) is 0 Å². The van der Waals surface area contributed by atoms with Gasteiger partial charge in [0.1, 0.15) is 0 Å². The van der Waals surface area contributed by atoms with E-state index < -0.39 is 11.5 Å². The van der Waals surface area contributed by atoms with Gasteiger partial charge in [0.15, 0.2) is 0 Å². The van der Waals surface area contributed by atoms with Crippen LogP contribution in [-0.4, -0.2) is 35.7 Å². The number of thiophene rings is 1. The molecule has 1 amide bonds. The van der Waals surface area contributed by atoms with Crippen molar-refractivity contribution >= 4 is 23.2 Å². The van der Waals surface area contributed by atoms with Crippen molar-refractivity contribution in [3.63, 3.8) is 0 Å². The average molecular weight is 323 g/mol. The van der Waals surface area contributed by atoms with Crippen LogP contribution in [0.4, 0.5) is 0 Å². The van der Waals surface area contributed by atoms with Gasteiger partial charge in [0.25, 0.3) is 5.91 Å². The highest BCUT2D eigenvalue weighted by Gasteiger charge is 2.37. The van der Waals surface area contributed by atoms with Gasteiger partial charge in [-0.05, 0) is 44.1 Å². The van der Waals surface area contributed by atoms with Crippen LogP contribution in [0.15, 0.2) is 5.38 Å². The molecule has 120 valence electrons. The first-order chi connectivity index (χ1) is 10.6. The monoisotopic (exact) mass is 323 g/mol. The van der Waals surface area contributed by atoms with Crippen LogP contribution < -0.4 is 5.32 Å². The molecule has 0 aromatic carbocycles. The SMILES string of the molecule is O=C(O)CC1(NC(=O)c2csc3c2CCCC3)CCOCC1. The van der Waals surface area contributed by atoms with E-state index in [4.69, 9.17) is 4.74 Å². The van der Waals surface area contributed by atoms with Crippen molar-refractivity contribution in [2.24, 2.45) is 0 Å². The van der Waals surface area contributed by atoms with E-state index in [0.29, 0.717) is 26.1 Å². The van der Waals surface area contributed by atoms with Gasteiger partial charge >= 0.3 is 5.97 Å². The van der Waals surface area contributed by atoms with E-state index in [-0.39, 0.29) is 12.3 Å². The van der Waals surface area contributed by atoms with E-state index in [1.807, 2.05) is 5.38 Å². The Morgan fingerprint density at radius 1 is 1.27 bits per heavy atom. The molecular weight excluding hydrogens is 302 g/mol. The molecule has 2 N–H and O–H groups in total. The van der Waals surface area contributed by atoms with E-state index in [1.165, 1.54) is 16.9 Å². The zero-order valence-corrected chi connectivity index (χ0v) is 13.3. The quantitative estimate of drug-likeness (QED) is 0.892. The molecule has 1 aromatic rings. The number of carbonyl (C=O) groups is 2. The number of ether oxygens (including phenoxy) is 1. The van der Waals surface area contributed by atoms with Crippen molar-refractivity contribution in [2.45, 2.75) is 50.5 Å². The van der Waals surface area contributed by atoms with Gasteiger partial charge in [0.2, 0.25) is 0 Å². The normalized spacial score (nSPS) is 20.2. The molecule has 0 atom stereocenters. The van der Waals surface area contributed by atoms with Crippen LogP contribution in [0, 0.1) is 0 Å². The Bertz CT molecular complexity index is 575. The summed E-state index contributed by atoms with van der Waals surface area (Å²) < 4.78 is 5.33. The molecule has 0 unspecified atom stereocenters. The summed E-state index contributed by atoms with van der Waals surface area (Å²) in [7, 11) is 0. The molecule has 22 heavy (non-hydrogen) atoms. The smallest absolute Gasteiger partial charge is 0.305 e. The maximum Gasteiger partial charge on any atom is 0.305 e. The lowest BCUT2D eigenvalue weighted by molar-refractivity contribution is -0.139. The van der Waals surface area contributed by atoms with Crippen LogP contribution in [0.25, 0.3) is 0 Å². The first-order valence-corrected chi connectivity index (χ1v) is 8.69. The topological polar surface area (TPSA) is 75.6 Å². The molecule has 5 nitrogen and oxygen atoms in total. The number of aliphatic carboxylic acids is 1. The van der Waals surface area contributed by atoms with Crippen molar-refractivity contribution in [2.75, 3.05) is 13.2 Å². The van der Waals surface area contributed by atoms with E-state index in [0.717, 1.165) is 24.8 Å². The molecule has 2 aliphatic rings. The molecular formula is C16H21NO4S. The molecule has 2 heterocycles. The lowest BCUT2D eigenvalue weighted by Crippen LogP contribution is -2.53. The van der Waals surface area contributed by atoms with Crippen LogP contribution in [0.1, 0.15) is 52.9 Å². The number of fused-ring (bicyclic) bond motifs is 1. The number of amides is 1. The summed E-state index contributed by atoms with van der Waals surface area (Å²) in [5, 5.41) is 14.1. The Kier molecular flexibility index (Phi) is 4.49. The number of carbonyl (C=O) groups excluding carboxylic acids is 1. The van der Waals surface area contributed by atoms with Gasteiger partial charge in [-0.3, -0.25) is 9.59 Å². The van der Waals surface area contributed by atoms with E-state index in [1.54, 1.807) is 11.3 Å². The second-order valence-corrected chi connectivity index (χ2v) is 7.14. The Labute approximate surface area is 133 Å². The van der Waals surface area contributed by atoms with Gasteiger partial charge in [-0.25, -0.2) is 0 Å². The fraction of sp³-hybridized carbons (Fsp3) is 0.625. The highest BCUT2D eigenvalue weighted by atomic mass is 32.1. The molecule has 1 aromatic heterocycles. The molecule has 1 saturated heterocycles. The van der Waals surface area contributed by atoms with E-state index in [2.05, 4.69) is 5.32 Å². The molecule has 1 aliphatic heterocycles. The maximum absolute atomic E-state index is 12.7. The summed E-state index contributed by atoms with van der Waals surface area (Å²) in [6, 6.07) is 0. The van der Waals surface area contributed by atoms with Crippen molar-refractivity contribution in [1.82, 2.24) is 5.32 Å². The highest BCUT2D eigenvalue weighted by molar-refractivity contribution is 7.10. The maximum atomic E-state index is 12.7. The lowest BCUT2D eigenvalue weighted by Gasteiger charge is -2.36. The Morgan fingerprint density at radius 2 is 2.00 bits per heavy atom. The predicted molar refractivity (Wildman–Crippen MR) is 83.5 cm³/mol. The minimum absolute atomic E-state index is 0.0472. The summed E-state index contributed by atoms with van der Waals surface area (Å²) in [5.74, 6) is -1.00. The number of hydrogen-bond acceptors (Lipinski definition) is 4. The number of aryl methyl sites for hydroxylation is 1. The van der Waals surface area contributed by atoms with Gasteiger partial charge in [0.05, 0.1) is 17.5 Å². The largest absolute Gasteiger partial charge is 0.481 e. The van der Waals surface area contributed by atoms with Crippen molar-refractivity contribution in [3.05, 3.63) is 21.4 Å². The summed E-state index contributed by atoms with van der Waals surface area (Å²) in [6.45, 7) is 0.991. The molecule has 0 saturated carbocycles. The number of hydrogen-bond donors (Lipinski definition) is 2. The average Bonchev–Trinajstić information content (AvgIpc) is 2.91. The predicted octanol–water partition coefficient (Wildman–Crippen LogP) is 2.38. The summed E-state index contributed by atoms with van der Waals surface area (Å²) in [4.78, 5) is 25.2. The molecule has 3 rings (SSSR count). The number of rotatable bonds is 4. The van der Waals surface area contributed by atoms with E-state index >= 15 is 0 Å². The van der Waals surface area contributed by atoms with Crippen molar-refractivity contribution in [1.29, 1.82) is 0 Å². The van der Waals surface area contributed by atoms with Crippen molar-refractivity contribution < 1.29 is 19.4 Å². The second kappa shape index (κ2) is 6.38. The molecule has 0 radical (unpaired) electrons. The van der Waals surface area contributed by atoms with Crippen LogP contribution >= 0.6 is 11.3 Å². The number of carboxylic acid groups (broad SMARTS) is 1. The zero-order valence-electron chi connectivity index (χ0n) is 12.5. The van der Waals surface area contributed by atoms with Gasteiger partial charge in [-0.15, -0.1) is 11.3 Å². The number of nitrogens with one attached hydrogen (secondary N) is 1. The van der Waals surface area contributed by atoms with Crippen LogP contribution in [0.3, 0.4) is 0 Å². The molecule has 0 bridgehead atoms. The van der Waals surface area contributed by atoms with Crippen LogP contribution in [-0.2, 0) is 22.4 Å². The lowest BCUT2D eigenvalue weighted by atomic mass is 9.86. The zero-order chi connectivity index (χ0) is 15.6. The third-order valence-electron chi connectivity index (χ3n) is 4.62. The van der Waals surface area contributed by atoms with Gasteiger partial charge in [-0.2, -0.15) is 0 Å². The summed E-state index contributed by atoms with van der Waals surface area (Å²) >= 11 is 1.65. The molecule has 6 heteroatoms. The van der Waals surface area contributed by atoms with Gasteiger partial charge < -0.3 is 15.2 Å². The van der Waals surface area contributed by atoms with Gasteiger partial charge in [-0.1, -0.05) is 0 Å². The molecule has 0 spiro atoms. The summed E-state index contributed by atoms with van der Waals surface area (Å²) in [6.07, 6.45) is 5.38. The molecule has 1 fully saturated rings. The fourth-order valence-electron chi connectivity index (χ4n) is 3.39.